The van der Waals surface area contributed by atoms with Gasteiger partial charge in [-0.1, -0.05) is 12.1 Å². The maximum atomic E-state index is 10.6. The van der Waals surface area contributed by atoms with Gasteiger partial charge in [0.1, 0.15) is 6.29 Å². The molecule has 4 rings (SSSR count). The van der Waals surface area contributed by atoms with Crippen molar-refractivity contribution in [1.29, 1.82) is 0 Å². The van der Waals surface area contributed by atoms with E-state index in [1.807, 2.05) is 53.9 Å². The lowest BCUT2D eigenvalue weighted by Crippen LogP contribution is -2.00. The lowest BCUT2D eigenvalue weighted by atomic mass is 10.1. The molecule has 1 N–H and O–H groups in total. The summed E-state index contributed by atoms with van der Waals surface area (Å²) in [6, 6.07) is 11.3. The highest BCUT2D eigenvalue weighted by Crippen LogP contribution is 2.23. The van der Waals surface area contributed by atoms with E-state index in [9.17, 15) is 4.79 Å². The van der Waals surface area contributed by atoms with Gasteiger partial charge in [0.2, 0.25) is 11.7 Å². The maximum absolute atomic E-state index is 10.6. The molecule has 26 heavy (non-hydrogen) atoms. The number of aldehydes is 1. The fraction of sp³-hybridized carbons (Fsp3) is 0.105. The number of rotatable bonds is 5. The molecule has 3 heterocycles. The third kappa shape index (κ3) is 3.02. The third-order valence-corrected chi connectivity index (χ3v) is 4.01. The first kappa shape index (κ1) is 15.9. The fourth-order valence-corrected chi connectivity index (χ4v) is 2.81. The van der Waals surface area contributed by atoms with E-state index in [4.69, 9.17) is 0 Å². The molecule has 0 atom stereocenters. The lowest BCUT2D eigenvalue weighted by molar-refractivity contribution is -0.107. The minimum atomic E-state index is 0.411. The van der Waals surface area contributed by atoms with Crippen LogP contribution in [0.2, 0.25) is 0 Å². The molecule has 7 nitrogen and oxygen atoms in total. The van der Waals surface area contributed by atoms with Crippen LogP contribution in [0.15, 0.2) is 55.0 Å². The summed E-state index contributed by atoms with van der Waals surface area (Å²) in [4.78, 5) is 28.2. The van der Waals surface area contributed by atoms with E-state index in [0.717, 1.165) is 34.6 Å². The van der Waals surface area contributed by atoms with Crippen molar-refractivity contribution in [1.82, 2.24) is 24.3 Å². The SMILES string of the molecule is Cc1nc2ncccn2c1-c1ccnc(Nc2ccc(CC=O)cc2)n1. The number of carbonyl (C=O) groups is 1. The minimum absolute atomic E-state index is 0.411. The zero-order valence-corrected chi connectivity index (χ0v) is 14.1. The van der Waals surface area contributed by atoms with Gasteiger partial charge in [-0.05, 0) is 36.8 Å². The number of fused-ring (bicyclic) bond motifs is 1. The highest BCUT2D eigenvalue weighted by molar-refractivity contribution is 5.64. The van der Waals surface area contributed by atoms with Crippen molar-refractivity contribution in [3.8, 4) is 11.4 Å². The van der Waals surface area contributed by atoms with E-state index in [0.29, 0.717) is 18.1 Å². The molecule has 0 amide bonds. The van der Waals surface area contributed by atoms with E-state index in [1.165, 1.54) is 0 Å². The Labute approximate surface area is 149 Å². The topological polar surface area (TPSA) is 85.1 Å². The number of nitrogens with one attached hydrogen (secondary N) is 1. The molecule has 7 heteroatoms. The van der Waals surface area contributed by atoms with E-state index in [1.54, 1.807) is 12.4 Å². The van der Waals surface area contributed by atoms with Crippen LogP contribution >= 0.6 is 0 Å². The summed E-state index contributed by atoms with van der Waals surface area (Å²) in [5.74, 6) is 1.13. The van der Waals surface area contributed by atoms with Gasteiger partial charge in [0.05, 0.1) is 17.1 Å². The van der Waals surface area contributed by atoms with Gasteiger partial charge in [-0.15, -0.1) is 0 Å². The zero-order valence-electron chi connectivity index (χ0n) is 14.1. The molecule has 0 unspecified atom stereocenters. The van der Waals surface area contributed by atoms with Crippen molar-refractivity contribution in [2.24, 2.45) is 0 Å². The Bertz CT molecular complexity index is 1070. The molecular weight excluding hydrogens is 328 g/mol. The predicted octanol–water partition coefficient (Wildman–Crippen LogP) is 2.98. The maximum Gasteiger partial charge on any atom is 0.234 e. The predicted molar refractivity (Wildman–Crippen MR) is 98.2 cm³/mol. The molecule has 0 bridgehead atoms. The number of imidazole rings is 1. The lowest BCUT2D eigenvalue weighted by Gasteiger charge is -2.07. The second-order valence-corrected chi connectivity index (χ2v) is 5.79. The molecule has 3 aromatic heterocycles. The standard InChI is InChI=1S/C19H16N6O/c1-13-17(25-11-2-9-21-19(25)22-13)16-7-10-20-18(24-16)23-15-5-3-14(4-6-15)8-12-26/h2-7,9-12H,8H2,1H3,(H,20,23,24). The minimum Gasteiger partial charge on any atom is -0.324 e. The summed E-state index contributed by atoms with van der Waals surface area (Å²) in [5.41, 5.74) is 4.33. The quantitative estimate of drug-likeness (QED) is 0.560. The van der Waals surface area contributed by atoms with Crippen LogP contribution in [0.25, 0.3) is 17.2 Å². The third-order valence-electron chi connectivity index (χ3n) is 4.01. The van der Waals surface area contributed by atoms with Crippen LogP contribution < -0.4 is 5.32 Å². The van der Waals surface area contributed by atoms with Crippen LogP contribution in [0.4, 0.5) is 11.6 Å². The zero-order chi connectivity index (χ0) is 17.9. The summed E-state index contributed by atoms with van der Waals surface area (Å²) in [6.45, 7) is 1.94. The summed E-state index contributed by atoms with van der Waals surface area (Å²) in [7, 11) is 0. The first-order valence-corrected chi connectivity index (χ1v) is 8.17. The van der Waals surface area contributed by atoms with Crippen molar-refractivity contribution in [3.05, 3.63) is 66.2 Å². The van der Waals surface area contributed by atoms with E-state index in [2.05, 4.69) is 25.3 Å². The van der Waals surface area contributed by atoms with Crippen LogP contribution in [0.5, 0.6) is 0 Å². The summed E-state index contributed by atoms with van der Waals surface area (Å²) >= 11 is 0. The number of nitrogens with zero attached hydrogens (tertiary/aromatic N) is 5. The Hall–Kier alpha value is -3.61. The molecule has 4 aromatic rings. The second-order valence-electron chi connectivity index (χ2n) is 5.79. The molecule has 0 saturated heterocycles. The van der Waals surface area contributed by atoms with Crippen molar-refractivity contribution >= 4 is 23.7 Å². The molecule has 0 aliphatic rings. The first-order valence-electron chi connectivity index (χ1n) is 8.17. The van der Waals surface area contributed by atoms with E-state index < -0.39 is 0 Å². The summed E-state index contributed by atoms with van der Waals surface area (Å²) in [6.07, 6.45) is 6.64. The van der Waals surface area contributed by atoms with Crippen LogP contribution in [-0.2, 0) is 11.2 Å². The largest absolute Gasteiger partial charge is 0.324 e. The Morgan fingerprint density at radius 3 is 2.73 bits per heavy atom. The normalized spacial score (nSPS) is 10.8. The van der Waals surface area contributed by atoms with Crippen molar-refractivity contribution in [3.63, 3.8) is 0 Å². The number of aromatic nitrogens is 5. The summed E-state index contributed by atoms with van der Waals surface area (Å²) in [5, 5.41) is 3.19. The molecule has 128 valence electrons. The average Bonchev–Trinajstić information content (AvgIpc) is 2.99. The van der Waals surface area contributed by atoms with E-state index >= 15 is 0 Å². The number of hydrogen-bond acceptors (Lipinski definition) is 6. The fourth-order valence-electron chi connectivity index (χ4n) is 2.81. The summed E-state index contributed by atoms with van der Waals surface area (Å²) < 4.78 is 1.91. The molecule has 0 aliphatic carbocycles. The number of benzene rings is 1. The van der Waals surface area contributed by atoms with Crippen molar-refractivity contribution in [2.75, 3.05) is 5.32 Å². The molecule has 0 aliphatic heterocycles. The van der Waals surface area contributed by atoms with Gasteiger partial charge in [-0.25, -0.2) is 19.9 Å². The van der Waals surface area contributed by atoms with Gasteiger partial charge in [-0.2, -0.15) is 0 Å². The molecule has 0 fully saturated rings. The first-order chi connectivity index (χ1) is 12.7. The van der Waals surface area contributed by atoms with Gasteiger partial charge in [-0.3, -0.25) is 4.40 Å². The van der Waals surface area contributed by atoms with Crippen LogP contribution in [0, 0.1) is 6.92 Å². The molecule has 0 radical (unpaired) electrons. The van der Waals surface area contributed by atoms with Crippen LogP contribution in [0.1, 0.15) is 11.3 Å². The Morgan fingerprint density at radius 1 is 1.08 bits per heavy atom. The number of carbonyl (C=O) groups excluding carboxylic acids is 1. The number of anilines is 2. The Morgan fingerprint density at radius 2 is 1.92 bits per heavy atom. The van der Waals surface area contributed by atoms with E-state index in [-0.39, 0.29) is 0 Å². The van der Waals surface area contributed by atoms with Gasteiger partial charge < -0.3 is 10.1 Å². The van der Waals surface area contributed by atoms with Gasteiger partial charge >= 0.3 is 0 Å². The molecule has 0 saturated carbocycles. The second kappa shape index (κ2) is 6.72. The van der Waals surface area contributed by atoms with Crippen LogP contribution in [0.3, 0.4) is 0 Å². The monoisotopic (exact) mass is 344 g/mol. The van der Waals surface area contributed by atoms with Gasteiger partial charge in [0.25, 0.3) is 0 Å². The van der Waals surface area contributed by atoms with Crippen molar-refractivity contribution < 1.29 is 4.79 Å². The van der Waals surface area contributed by atoms with Crippen molar-refractivity contribution in [2.45, 2.75) is 13.3 Å². The average molecular weight is 344 g/mol. The van der Waals surface area contributed by atoms with Gasteiger partial charge in [0, 0.05) is 30.7 Å². The Kier molecular flexibility index (Phi) is 4.10. The molecule has 0 spiro atoms. The van der Waals surface area contributed by atoms with Gasteiger partial charge in [0.15, 0.2) is 0 Å². The smallest absolute Gasteiger partial charge is 0.234 e. The highest BCUT2D eigenvalue weighted by atomic mass is 16.1. The Balaban J connectivity index is 1.66. The number of aryl methyl sites for hydroxylation is 1. The molecular formula is C19H16N6O. The van der Waals surface area contributed by atoms with Crippen LogP contribution in [-0.4, -0.2) is 30.6 Å². The molecule has 1 aromatic carbocycles. The number of hydrogen-bond donors (Lipinski definition) is 1. The highest BCUT2D eigenvalue weighted by Gasteiger charge is 2.13.